The summed E-state index contributed by atoms with van der Waals surface area (Å²) in [5, 5.41) is 9.12. The number of amides is 4. The first-order chi connectivity index (χ1) is 13.8. The molecule has 0 unspecified atom stereocenters. The second-order valence-corrected chi connectivity index (χ2v) is 7.52. The Bertz CT molecular complexity index is 865. The maximum absolute atomic E-state index is 12.1. The monoisotopic (exact) mass is 417 g/mol. The fourth-order valence-electron chi connectivity index (χ4n) is 2.22. The molecule has 4 amide bonds. The molecule has 3 N–H and O–H groups in total. The van der Waals surface area contributed by atoms with Gasteiger partial charge in [0.1, 0.15) is 0 Å². The average molecular weight is 417 g/mol. The van der Waals surface area contributed by atoms with Crippen molar-refractivity contribution < 1.29 is 23.9 Å². The number of carbonyl (C=O) groups excluding carboxylic acids is 4. The van der Waals surface area contributed by atoms with Crippen molar-refractivity contribution in [2.24, 2.45) is 5.92 Å². The minimum Gasteiger partial charge on any atom is -0.452 e. The van der Waals surface area contributed by atoms with Crippen LogP contribution in [0, 0.1) is 5.92 Å². The van der Waals surface area contributed by atoms with Crippen LogP contribution in [-0.4, -0.2) is 37.0 Å². The number of hydrogen-bond acceptors (Lipinski definition) is 6. The molecule has 0 aliphatic heterocycles. The van der Waals surface area contributed by atoms with E-state index in [4.69, 9.17) is 4.74 Å². The van der Waals surface area contributed by atoms with Gasteiger partial charge in [-0.15, -0.1) is 11.3 Å². The molecule has 8 nitrogen and oxygen atoms in total. The van der Waals surface area contributed by atoms with Gasteiger partial charge in [0.15, 0.2) is 6.61 Å². The highest BCUT2D eigenvalue weighted by atomic mass is 32.1. The van der Waals surface area contributed by atoms with Crippen molar-refractivity contribution >= 4 is 40.8 Å². The molecule has 9 heteroatoms. The lowest BCUT2D eigenvalue weighted by Gasteiger charge is -2.09. The topological polar surface area (TPSA) is 114 Å². The summed E-state index contributed by atoms with van der Waals surface area (Å²) in [6.45, 7) is 3.89. The van der Waals surface area contributed by atoms with Crippen LogP contribution >= 0.6 is 11.3 Å². The average Bonchev–Trinajstić information content (AvgIpc) is 3.21. The maximum Gasteiger partial charge on any atom is 0.338 e. The molecule has 0 fully saturated rings. The van der Waals surface area contributed by atoms with Gasteiger partial charge in [-0.05, 0) is 42.0 Å². The van der Waals surface area contributed by atoms with Gasteiger partial charge >= 0.3 is 12.0 Å². The minimum atomic E-state index is -0.743. The number of esters is 1. The standard InChI is InChI=1S/C20H23N3O5S/c1-13(2)8-9-21-20(27)23-17(24)12-28-19(26)14-5-3-6-15(11-14)22-18(25)16-7-4-10-29-16/h3-7,10-11,13H,8-9,12H2,1-2H3,(H,22,25)(H2,21,23,24,27). The first-order valence-electron chi connectivity index (χ1n) is 9.05. The molecular formula is C20H23N3O5S. The molecule has 29 heavy (non-hydrogen) atoms. The highest BCUT2D eigenvalue weighted by Crippen LogP contribution is 2.15. The van der Waals surface area contributed by atoms with Crippen LogP contribution in [0.3, 0.4) is 0 Å². The second-order valence-electron chi connectivity index (χ2n) is 6.57. The number of anilines is 1. The van der Waals surface area contributed by atoms with Gasteiger partial charge in [-0.2, -0.15) is 0 Å². The molecule has 1 aromatic carbocycles. The van der Waals surface area contributed by atoms with Crippen molar-refractivity contribution in [2.45, 2.75) is 20.3 Å². The van der Waals surface area contributed by atoms with E-state index in [0.717, 1.165) is 6.42 Å². The highest BCUT2D eigenvalue weighted by Gasteiger charge is 2.14. The Balaban J connectivity index is 1.80. The Morgan fingerprint density at radius 2 is 1.90 bits per heavy atom. The van der Waals surface area contributed by atoms with Gasteiger partial charge in [-0.25, -0.2) is 9.59 Å². The third-order valence-corrected chi connectivity index (χ3v) is 4.56. The van der Waals surface area contributed by atoms with Crippen molar-refractivity contribution in [2.75, 3.05) is 18.5 Å². The van der Waals surface area contributed by atoms with Crippen LogP contribution in [0.2, 0.25) is 0 Å². The van der Waals surface area contributed by atoms with Gasteiger partial charge in [0.2, 0.25) is 0 Å². The summed E-state index contributed by atoms with van der Waals surface area (Å²) in [5.74, 6) is -1.33. The van der Waals surface area contributed by atoms with Gasteiger partial charge in [-0.3, -0.25) is 14.9 Å². The van der Waals surface area contributed by atoms with Crippen LogP contribution in [0.5, 0.6) is 0 Å². The van der Waals surface area contributed by atoms with E-state index >= 15 is 0 Å². The summed E-state index contributed by atoms with van der Waals surface area (Å²) in [6.07, 6.45) is 0.788. The number of urea groups is 1. The van der Waals surface area contributed by atoms with E-state index in [9.17, 15) is 19.2 Å². The van der Waals surface area contributed by atoms with Gasteiger partial charge in [0.05, 0.1) is 10.4 Å². The molecule has 0 saturated carbocycles. The van der Waals surface area contributed by atoms with Crippen molar-refractivity contribution in [3.05, 3.63) is 52.2 Å². The van der Waals surface area contributed by atoms with Crippen molar-refractivity contribution in [3.8, 4) is 0 Å². The lowest BCUT2D eigenvalue weighted by Crippen LogP contribution is -2.41. The Morgan fingerprint density at radius 1 is 1.10 bits per heavy atom. The summed E-state index contributed by atoms with van der Waals surface area (Å²) < 4.78 is 4.92. The minimum absolute atomic E-state index is 0.170. The summed E-state index contributed by atoms with van der Waals surface area (Å²) >= 11 is 1.30. The highest BCUT2D eigenvalue weighted by molar-refractivity contribution is 7.12. The van der Waals surface area contributed by atoms with Gasteiger partial charge in [-0.1, -0.05) is 26.0 Å². The van der Waals surface area contributed by atoms with E-state index in [0.29, 0.717) is 23.0 Å². The first-order valence-corrected chi connectivity index (χ1v) is 9.93. The number of imide groups is 1. The van der Waals surface area contributed by atoms with Crippen LogP contribution in [0.15, 0.2) is 41.8 Å². The number of carbonyl (C=O) groups is 4. The van der Waals surface area contributed by atoms with Crippen LogP contribution in [0.4, 0.5) is 10.5 Å². The summed E-state index contributed by atoms with van der Waals surface area (Å²) in [6, 6.07) is 8.99. The largest absolute Gasteiger partial charge is 0.452 e. The molecule has 0 spiro atoms. The quantitative estimate of drug-likeness (QED) is 0.572. The van der Waals surface area contributed by atoms with Crippen LogP contribution in [0.25, 0.3) is 0 Å². The molecule has 154 valence electrons. The van der Waals surface area contributed by atoms with E-state index in [1.54, 1.807) is 29.6 Å². The van der Waals surface area contributed by atoms with Crippen LogP contribution < -0.4 is 16.0 Å². The molecule has 0 radical (unpaired) electrons. The molecule has 0 aliphatic carbocycles. The lowest BCUT2D eigenvalue weighted by atomic mass is 10.1. The first kappa shape index (κ1) is 22.1. The molecule has 1 heterocycles. The number of thiophene rings is 1. The van der Waals surface area contributed by atoms with Crippen molar-refractivity contribution in [1.29, 1.82) is 0 Å². The molecule has 2 rings (SSSR count). The number of ether oxygens (including phenoxy) is 1. The third kappa shape index (κ3) is 7.74. The fraction of sp³-hybridized carbons (Fsp3) is 0.300. The molecule has 0 bridgehead atoms. The number of hydrogen-bond donors (Lipinski definition) is 3. The maximum atomic E-state index is 12.1. The number of benzene rings is 1. The molecule has 0 aliphatic rings. The summed E-state index contributed by atoms with van der Waals surface area (Å²) in [5.41, 5.74) is 0.593. The van der Waals surface area contributed by atoms with Crippen LogP contribution in [-0.2, 0) is 9.53 Å². The van der Waals surface area contributed by atoms with Gasteiger partial charge in [0, 0.05) is 12.2 Å². The molecule has 2 aromatic rings. The zero-order valence-electron chi connectivity index (χ0n) is 16.2. The summed E-state index contributed by atoms with van der Waals surface area (Å²) in [7, 11) is 0. The second kappa shape index (κ2) is 11.0. The van der Waals surface area contributed by atoms with E-state index in [1.165, 1.54) is 23.5 Å². The zero-order chi connectivity index (χ0) is 21.2. The normalized spacial score (nSPS) is 10.3. The number of nitrogens with one attached hydrogen (secondary N) is 3. The Kier molecular flexibility index (Phi) is 8.35. The predicted molar refractivity (Wildman–Crippen MR) is 110 cm³/mol. The molecule has 1 aromatic heterocycles. The van der Waals surface area contributed by atoms with Gasteiger partial charge < -0.3 is 15.4 Å². The predicted octanol–water partition coefficient (Wildman–Crippen LogP) is 3.03. The molecule has 0 saturated heterocycles. The molecule has 0 atom stereocenters. The number of rotatable bonds is 8. The van der Waals surface area contributed by atoms with Crippen molar-refractivity contribution in [3.63, 3.8) is 0 Å². The van der Waals surface area contributed by atoms with E-state index < -0.39 is 24.5 Å². The fourth-order valence-corrected chi connectivity index (χ4v) is 2.84. The van der Waals surface area contributed by atoms with E-state index in [1.807, 2.05) is 13.8 Å². The smallest absolute Gasteiger partial charge is 0.338 e. The summed E-state index contributed by atoms with van der Waals surface area (Å²) in [4.78, 5) is 48.1. The van der Waals surface area contributed by atoms with Crippen LogP contribution in [0.1, 0.15) is 40.3 Å². The lowest BCUT2D eigenvalue weighted by molar-refractivity contribution is -0.123. The Morgan fingerprint density at radius 3 is 2.59 bits per heavy atom. The van der Waals surface area contributed by atoms with Gasteiger partial charge in [0.25, 0.3) is 11.8 Å². The zero-order valence-corrected chi connectivity index (χ0v) is 17.0. The Hall–Kier alpha value is -3.20. The SMILES string of the molecule is CC(C)CCNC(=O)NC(=O)COC(=O)c1cccc(NC(=O)c2cccs2)c1. The molecular weight excluding hydrogens is 394 g/mol. The van der Waals surface area contributed by atoms with E-state index in [-0.39, 0.29) is 11.5 Å². The Labute approximate surface area is 172 Å². The van der Waals surface area contributed by atoms with E-state index in [2.05, 4.69) is 16.0 Å². The third-order valence-electron chi connectivity index (χ3n) is 3.70. The van der Waals surface area contributed by atoms with Crippen molar-refractivity contribution in [1.82, 2.24) is 10.6 Å².